The van der Waals surface area contributed by atoms with Gasteiger partial charge in [0.15, 0.2) is 0 Å². The number of aryl methyl sites for hydroxylation is 1. The third kappa shape index (κ3) is 5.82. The topological polar surface area (TPSA) is 117 Å². The maximum absolute atomic E-state index is 12.5. The van der Waals surface area contributed by atoms with Crippen molar-refractivity contribution < 1.29 is 23.0 Å². The summed E-state index contributed by atoms with van der Waals surface area (Å²) in [5.74, 6) is 0.153. The minimum absolute atomic E-state index is 0.0413. The van der Waals surface area contributed by atoms with Gasteiger partial charge in [-0.15, -0.1) is 0 Å². The van der Waals surface area contributed by atoms with E-state index in [1.54, 1.807) is 48.5 Å². The van der Waals surface area contributed by atoms with Crippen LogP contribution in [0, 0.1) is 6.92 Å². The molecule has 174 valence electrons. The van der Waals surface area contributed by atoms with Crippen LogP contribution in [0.25, 0.3) is 0 Å². The van der Waals surface area contributed by atoms with Crippen LogP contribution in [0.15, 0.2) is 60.7 Å². The number of nitrogens with two attached hydrogens (primary N) is 1. The number of hydrogen-bond donors (Lipinski definition) is 2. The molecule has 0 saturated heterocycles. The fourth-order valence-corrected chi connectivity index (χ4v) is 3.78. The van der Waals surface area contributed by atoms with Gasteiger partial charge in [-0.3, -0.25) is 8.51 Å². The first-order valence-corrected chi connectivity index (χ1v) is 11.4. The van der Waals surface area contributed by atoms with E-state index >= 15 is 0 Å². The minimum Gasteiger partial charge on any atom is -0.755 e. The molecule has 0 bridgehead atoms. The van der Waals surface area contributed by atoms with E-state index in [1.165, 1.54) is 19.2 Å². The van der Waals surface area contributed by atoms with Crippen molar-refractivity contribution in [3.8, 4) is 11.5 Å². The first kappa shape index (κ1) is 24.1. The molecule has 0 amide bonds. The van der Waals surface area contributed by atoms with Gasteiger partial charge in [0, 0.05) is 12.6 Å². The largest absolute Gasteiger partial charge is 0.755 e. The van der Waals surface area contributed by atoms with E-state index < -0.39 is 17.2 Å². The first-order valence-electron chi connectivity index (χ1n) is 10.3. The van der Waals surface area contributed by atoms with E-state index in [1.807, 2.05) is 13.8 Å². The van der Waals surface area contributed by atoms with Crippen molar-refractivity contribution in [2.24, 2.45) is 0 Å². The van der Waals surface area contributed by atoms with Gasteiger partial charge in [-0.1, -0.05) is 24.6 Å². The normalized spacial score (nSPS) is 11.5. The summed E-state index contributed by atoms with van der Waals surface area (Å²) in [5, 5.41) is 3.23. The van der Waals surface area contributed by atoms with Crippen LogP contribution < -0.4 is 20.1 Å². The number of hydrogen-bond acceptors (Lipinski definition) is 7. The third-order valence-corrected chi connectivity index (χ3v) is 5.54. The summed E-state index contributed by atoms with van der Waals surface area (Å²) in [5.41, 5.74) is 8.89. The smallest absolute Gasteiger partial charge is 0.340 e. The Kier molecular flexibility index (Phi) is 7.92. The zero-order valence-electron chi connectivity index (χ0n) is 18.7. The Morgan fingerprint density at radius 3 is 2.39 bits per heavy atom. The van der Waals surface area contributed by atoms with E-state index in [9.17, 15) is 13.6 Å². The van der Waals surface area contributed by atoms with Crippen LogP contribution in [-0.4, -0.2) is 28.4 Å². The van der Waals surface area contributed by atoms with Crippen LogP contribution in [0.4, 0.5) is 22.7 Å². The predicted octanol–water partition coefficient (Wildman–Crippen LogP) is 4.91. The Balaban J connectivity index is 1.99. The first-order chi connectivity index (χ1) is 15.8. The summed E-state index contributed by atoms with van der Waals surface area (Å²) in [6.07, 6.45) is 0.938. The zero-order chi connectivity index (χ0) is 24.0. The van der Waals surface area contributed by atoms with Crippen LogP contribution in [-0.2, 0) is 16.0 Å². The highest BCUT2D eigenvalue weighted by Gasteiger charge is 2.21. The van der Waals surface area contributed by atoms with Crippen LogP contribution in [0.5, 0.6) is 11.5 Å². The van der Waals surface area contributed by atoms with Crippen molar-refractivity contribution in [3.63, 3.8) is 0 Å². The molecule has 3 aromatic carbocycles. The predicted molar refractivity (Wildman–Crippen MR) is 130 cm³/mol. The Morgan fingerprint density at radius 2 is 1.76 bits per heavy atom. The van der Waals surface area contributed by atoms with E-state index in [-0.39, 0.29) is 11.3 Å². The summed E-state index contributed by atoms with van der Waals surface area (Å²) in [6, 6.07) is 16.6. The van der Waals surface area contributed by atoms with E-state index in [0.717, 1.165) is 28.5 Å². The number of methoxy groups -OCH3 is 1. The quantitative estimate of drug-likeness (QED) is 0.260. The molecule has 0 spiro atoms. The maximum Gasteiger partial charge on any atom is 0.340 e. The van der Waals surface area contributed by atoms with Gasteiger partial charge in [-0.2, -0.15) is 0 Å². The van der Waals surface area contributed by atoms with Crippen molar-refractivity contribution in [3.05, 3.63) is 71.8 Å². The molecule has 0 fully saturated rings. The van der Waals surface area contributed by atoms with Gasteiger partial charge in [0.05, 0.1) is 46.7 Å². The molecule has 33 heavy (non-hydrogen) atoms. The van der Waals surface area contributed by atoms with Crippen LogP contribution in [0.1, 0.15) is 29.3 Å². The molecule has 0 aromatic heterocycles. The Hall–Kier alpha value is -3.56. The number of nitrogens with zero attached hydrogens (tertiary/aromatic N) is 1. The lowest BCUT2D eigenvalue weighted by molar-refractivity contribution is 0.0601. The highest BCUT2D eigenvalue weighted by molar-refractivity contribution is 7.81. The molecule has 3 rings (SSSR count). The van der Waals surface area contributed by atoms with Crippen LogP contribution in [0.3, 0.4) is 0 Å². The fourth-order valence-electron chi connectivity index (χ4n) is 3.16. The molecule has 1 unspecified atom stereocenters. The van der Waals surface area contributed by atoms with Crippen molar-refractivity contribution in [1.29, 1.82) is 0 Å². The number of nitrogens with one attached hydrogen (secondary N) is 1. The molecule has 0 heterocycles. The average Bonchev–Trinajstić information content (AvgIpc) is 2.80. The lowest BCUT2D eigenvalue weighted by Crippen LogP contribution is -2.22. The van der Waals surface area contributed by atoms with Gasteiger partial charge in [-0.05, 0) is 55.8 Å². The van der Waals surface area contributed by atoms with Gasteiger partial charge < -0.3 is 25.1 Å². The number of benzene rings is 3. The molecule has 1 atom stereocenters. The van der Waals surface area contributed by atoms with E-state index in [0.29, 0.717) is 22.9 Å². The maximum atomic E-state index is 12.5. The number of esters is 1. The van der Waals surface area contributed by atoms with Gasteiger partial charge >= 0.3 is 5.97 Å². The lowest BCUT2D eigenvalue weighted by Gasteiger charge is -2.28. The molecular weight excluding hydrogens is 442 g/mol. The Labute approximate surface area is 195 Å². The van der Waals surface area contributed by atoms with E-state index in [4.69, 9.17) is 15.2 Å². The van der Waals surface area contributed by atoms with Crippen molar-refractivity contribution in [1.82, 2.24) is 0 Å². The zero-order valence-corrected chi connectivity index (χ0v) is 19.5. The molecule has 0 aliphatic carbocycles. The van der Waals surface area contributed by atoms with E-state index in [2.05, 4.69) is 5.32 Å². The molecule has 0 radical (unpaired) electrons. The van der Waals surface area contributed by atoms with Gasteiger partial charge in [0.2, 0.25) is 0 Å². The SMILES string of the molecule is CCCNc1cc(Oc2ccc(N(c3ccc(C)cc3)S(=O)[O-])c(C(=O)OC)c2)ccc1N. The fraction of sp³-hybridized carbons (Fsp3) is 0.208. The Bertz CT molecular complexity index is 1150. The Morgan fingerprint density at radius 1 is 1.09 bits per heavy atom. The molecule has 3 N–H and O–H groups in total. The summed E-state index contributed by atoms with van der Waals surface area (Å²) in [7, 11) is 1.23. The molecule has 0 aliphatic rings. The minimum atomic E-state index is -2.68. The third-order valence-electron chi connectivity index (χ3n) is 4.84. The van der Waals surface area contributed by atoms with Crippen molar-refractivity contribution in [2.45, 2.75) is 20.3 Å². The second kappa shape index (κ2) is 10.8. The van der Waals surface area contributed by atoms with Gasteiger partial charge in [0.1, 0.15) is 11.5 Å². The number of ether oxygens (including phenoxy) is 2. The molecular formula is C24H26N3O5S-. The molecule has 3 aromatic rings. The number of carbonyl (C=O) groups excluding carboxylic acids is 1. The molecule has 0 aliphatic heterocycles. The van der Waals surface area contributed by atoms with Crippen molar-refractivity contribution >= 4 is 40.0 Å². The van der Waals surface area contributed by atoms with Gasteiger partial charge in [0.25, 0.3) is 0 Å². The molecule has 0 saturated carbocycles. The second-order valence-corrected chi connectivity index (χ2v) is 8.09. The number of carbonyl (C=O) groups is 1. The number of rotatable bonds is 9. The number of nitrogen functional groups attached to an aromatic ring is 1. The summed E-state index contributed by atoms with van der Waals surface area (Å²) in [6.45, 7) is 4.71. The molecule has 9 heteroatoms. The summed E-state index contributed by atoms with van der Waals surface area (Å²) in [4.78, 5) is 12.5. The molecule has 8 nitrogen and oxygen atoms in total. The highest BCUT2D eigenvalue weighted by Crippen LogP contribution is 2.35. The van der Waals surface area contributed by atoms with Crippen LogP contribution in [0.2, 0.25) is 0 Å². The van der Waals surface area contributed by atoms with Gasteiger partial charge in [-0.25, -0.2) is 4.79 Å². The summed E-state index contributed by atoms with van der Waals surface area (Å²) >= 11 is -2.68. The monoisotopic (exact) mass is 468 g/mol. The summed E-state index contributed by atoms with van der Waals surface area (Å²) < 4.78 is 36.1. The van der Waals surface area contributed by atoms with Crippen LogP contribution >= 0.6 is 0 Å². The second-order valence-electron chi connectivity index (χ2n) is 7.30. The highest BCUT2D eigenvalue weighted by atomic mass is 32.2. The standard InChI is InChI=1S/C24H27N3O5S/c1-4-13-26-22-15-19(9-11-21(22)25)32-18-10-12-23(20(14-18)24(28)31-3)27(33(29)30)17-7-5-16(2)6-8-17/h5-12,14-15,26H,4,13,25H2,1-3H3,(H,29,30)/p-1. The van der Waals surface area contributed by atoms with Crippen molar-refractivity contribution in [2.75, 3.05) is 29.0 Å². The number of anilines is 4. The lowest BCUT2D eigenvalue weighted by atomic mass is 10.1. The average molecular weight is 469 g/mol.